The number of fused-ring (bicyclic) bond motifs is 1. The van der Waals surface area contributed by atoms with Crippen LogP contribution < -0.4 is 14.2 Å². The summed E-state index contributed by atoms with van der Waals surface area (Å²) in [5, 5.41) is 4.56. The molecular formula is C19H19N5O3. The van der Waals surface area contributed by atoms with Crippen molar-refractivity contribution in [2.75, 3.05) is 21.3 Å². The summed E-state index contributed by atoms with van der Waals surface area (Å²) in [6.07, 6.45) is 3.51. The lowest BCUT2D eigenvalue weighted by molar-refractivity contribution is 0.324. The average Bonchev–Trinajstić information content (AvgIpc) is 3.28. The number of pyridine rings is 1. The fraction of sp³-hybridized carbons (Fsp3) is 0.211. The number of imidazole rings is 1. The molecule has 8 nitrogen and oxygen atoms in total. The van der Waals surface area contributed by atoms with Gasteiger partial charge >= 0.3 is 0 Å². The van der Waals surface area contributed by atoms with Crippen molar-refractivity contribution in [3.8, 4) is 39.9 Å². The Balaban J connectivity index is 1.89. The van der Waals surface area contributed by atoms with E-state index in [0.29, 0.717) is 23.1 Å². The van der Waals surface area contributed by atoms with E-state index in [-0.39, 0.29) is 0 Å². The second kappa shape index (κ2) is 6.64. The van der Waals surface area contributed by atoms with Crippen LogP contribution in [0, 0.1) is 0 Å². The van der Waals surface area contributed by atoms with Gasteiger partial charge in [0.15, 0.2) is 17.1 Å². The number of methoxy groups -OCH3 is 3. The molecule has 4 rings (SSSR count). The van der Waals surface area contributed by atoms with Crippen molar-refractivity contribution in [2.45, 2.75) is 0 Å². The zero-order valence-electron chi connectivity index (χ0n) is 15.5. The topological polar surface area (TPSA) is 87.1 Å². The first kappa shape index (κ1) is 16.9. The summed E-state index contributed by atoms with van der Waals surface area (Å²) in [5.74, 6) is 2.36. The van der Waals surface area contributed by atoms with Gasteiger partial charge in [-0.3, -0.25) is 4.98 Å². The molecule has 0 saturated carbocycles. The van der Waals surface area contributed by atoms with E-state index in [4.69, 9.17) is 19.2 Å². The molecule has 0 aliphatic rings. The summed E-state index contributed by atoms with van der Waals surface area (Å²) in [7, 11) is 6.61. The third kappa shape index (κ3) is 2.75. The van der Waals surface area contributed by atoms with Crippen LogP contribution in [0.1, 0.15) is 0 Å². The molecule has 27 heavy (non-hydrogen) atoms. The summed E-state index contributed by atoms with van der Waals surface area (Å²) >= 11 is 0. The minimum atomic E-state index is 0.539. The van der Waals surface area contributed by atoms with Crippen LogP contribution in [0.3, 0.4) is 0 Å². The number of ether oxygens (including phenoxy) is 3. The number of aromatic nitrogens is 5. The number of aromatic amines is 1. The Kier molecular flexibility index (Phi) is 4.15. The Hall–Kier alpha value is -3.55. The molecule has 0 unspecified atom stereocenters. The van der Waals surface area contributed by atoms with Crippen LogP contribution >= 0.6 is 0 Å². The first-order chi connectivity index (χ1) is 13.2. The number of aryl methyl sites for hydroxylation is 1. The molecule has 0 radical (unpaired) electrons. The zero-order valence-corrected chi connectivity index (χ0v) is 15.5. The molecule has 8 heteroatoms. The third-order valence-corrected chi connectivity index (χ3v) is 4.35. The Labute approximate surface area is 155 Å². The maximum absolute atomic E-state index is 5.44. The molecule has 1 aromatic carbocycles. The lowest BCUT2D eigenvalue weighted by atomic mass is 10.1. The largest absolute Gasteiger partial charge is 0.493 e. The SMILES string of the molecule is COc1cc(-c2nc3c([nH]2)c(-c2cccnc2)nn3C)cc(OC)c1OC. The van der Waals surface area contributed by atoms with Gasteiger partial charge in [0, 0.05) is 30.6 Å². The quantitative estimate of drug-likeness (QED) is 0.585. The summed E-state index contributed by atoms with van der Waals surface area (Å²) in [4.78, 5) is 12.2. The molecule has 3 aromatic heterocycles. The number of H-pyrrole nitrogens is 1. The van der Waals surface area contributed by atoms with Crippen LogP contribution in [0.25, 0.3) is 33.8 Å². The molecule has 0 saturated heterocycles. The highest BCUT2D eigenvalue weighted by molar-refractivity contribution is 5.90. The van der Waals surface area contributed by atoms with Gasteiger partial charge in [-0.2, -0.15) is 5.10 Å². The normalized spacial score (nSPS) is 11.0. The Morgan fingerprint density at radius 2 is 1.74 bits per heavy atom. The van der Waals surface area contributed by atoms with Crippen LogP contribution in [0.5, 0.6) is 17.2 Å². The average molecular weight is 365 g/mol. The third-order valence-electron chi connectivity index (χ3n) is 4.35. The number of nitrogens with one attached hydrogen (secondary N) is 1. The van der Waals surface area contributed by atoms with Crippen molar-refractivity contribution < 1.29 is 14.2 Å². The van der Waals surface area contributed by atoms with Crippen molar-refractivity contribution in [1.29, 1.82) is 0 Å². The number of hydrogen-bond acceptors (Lipinski definition) is 6. The summed E-state index contributed by atoms with van der Waals surface area (Å²) in [6, 6.07) is 7.56. The fourth-order valence-corrected chi connectivity index (χ4v) is 3.07. The molecule has 0 spiro atoms. The van der Waals surface area contributed by atoms with Crippen molar-refractivity contribution in [1.82, 2.24) is 24.7 Å². The summed E-state index contributed by atoms with van der Waals surface area (Å²) < 4.78 is 18.0. The highest BCUT2D eigenvalue weighted by atomic mass is 16.5. The first-order valence-corrected chi connectivity index (χ1v) is 8.29. The van der Waals surface area contributed by atoms with Gasteiger partial charge in [0.25, 0.3) is 0 Å². The molecule has 4 aromatic rings. The zero-order chi connectivity index (χ0) is 19.0. The minimum absolute atomic E-state index is 0.539. The van der Waals surface area contributed by atoms with E-state index in [1.165, 1.54) is 0 Å². The number of nitrogens with zero attached hydrogens (tertiary/aromatic N) is 4. The molecule has 138 valence electrons. The Morgan fingerprint density at radius 3 is 2.33 bits per heavy atom. The summed E-state index contributed by atoms with van der Waals surface area (Å²) in [5.41, 5.74) is 4.12. The van der Waals surface area contributed by atoms with E-state index in [2.05, 4.69) is 15.1 Å². The van der Waals surface area contributed by atoms with Gasteiger partial charge in [0.2, 0.25) is 5.75 Å². The summed E-state index contributed by atoms with van der Waals surface area (Å²) in [6.45, 7) is 0. The van der Waals surface area contributed by atoms with Gasteiger partial charge in [-0.15, -0.1) is 0 Å². The van der Waals surface area contributed by atoms with Gasteiger partial charge < -0.3 is 19.2 Å². The molecule has 0 aliphatic carbocycles. The maximum Gasteiger partial charge on any atom is 0.203 e. The standard InChI is InChI=1S/C19H19N5O3/c1-24-19-16(15(23-24)11-6-5-7-20-10-11)21-18(22-19)12-8-13(25-2)17(27-4)14(9-12)26-3/h5-10H,1-4H3,(H,21,22). The molecule has 0 bridgehead atoms. The molecular weight excluding hydrogens is 346 g/mol. The van der Waals surface area contributed by atoms with Crippen molar-refractivity contribution in [3.63, 3.8) is 0 Å². The van der Waals surface area contributed by atoms with E-state index < -0.39 is 0 Å². The maximum atomic E-state index is 5.44. The molecule has 0 fully saturated rings. The highest BCUT2D eigenvalue weighted by Crippen LogP contribution is 2.41. The highest BCUT2D eigenvalue weighted by Gasteiger charge is 2.19. The van der Waals surface area contributed by atoms with Crippen LogP contribution in [0.4, 0.5) is 0 Å². The second-order valence-electron chi connectivity index (χ2n) is 5.91. The van der Waals surface area contributed by atoms with Crippen LogP contribution in [0.15, 0.2) is 36.7 Å². The smallest absolute Gasteiger partial charge is 0.203 e. The predicted molar refractivity (Wildman–Crippen MR) is 101 cm³/mol. The number of rotatable bonds is 5. The van der Waals surface area contributed by atoms with Crippen molar-refractivity contribution in [2.24, 2.45) is 7.05 Å². The molecule has 1 N–H and O–H groups in total. The van der Waals surface area contributed by atoms with E-state index in [0.717, 1.165) is 28.0 Å². The Morgan fingerprint density at radius 1 is 1.00 bits per heavy atom. The lowest BCUT2D eigenvalue weighted by Gasteiger charge is -2.13. The monoisotopic (exact) mass is 365 g/mol. The number of hydrogen-bond donors (Lipinski definition) is 1. The predicted octanol–water partition coefficient (Wildman–Crippen LogP) is 3.05. The van der Waals surface area contributed by atoms with Gasteiger partial charge in [-0.05, 0) is 24.3 Å². The van der Waals surface area contributed by atoms with Gasteiger partial charge in [-0.1, -0.05) is 0 Å². The van der Waals surface area contributed by atoms with Gasteiger partial charge in [0.1, 0.15) is 17.0 Å². The Bertz CT molecular complexity index is 1080. The van der Waals surface area contributed by atoms with Crippen molar-refractivity contribution in [3.05, 3.63) is 36.7 Å². The van der Waals surface area contributed by atoms with E-state index in [9.17, 15) is 0 Å². The molecule has 0 amide bonds. The minimum Gasteiger partial charge on any atom is -0.493 e. The first-order valence-electron chi connectivity index (χ1n) is 8.29. The molecule has 0 aliphatic heterocycles. The van der Waals surface area contributed by atoms with Crippen molar-refractivity contribution >= 4 is 11.2 Å². The molecule has 0 atom stereocenters. The van der Waals surface area contributed by atoms with E-state index >= 15 is 0 Å². The lowest BCUT2D eigenvalue weighted by Crippen LogP contribution is -1.96. The van der Waals surface area contributed by atoms with Crippen LogP contribution in [-0.4, -0.2) is 46.1 Å². The fourth-order valence-electron chi connectivity index (χ4n) is 3.07. The van der Waals surface area contributed by atoms with Crippen LogP contribution in [-0.2, 0) is 7.05 Å². The van der Waals surface area contributed by atoms with Crippen LogP contribution in [0.2, 0.25) is 0 Å². The number of benzene rings is 1. The van der Waals surface area contributed by atoms with E-state index in [1.807, 2.05) is 31.3 Å². The van der Waals surface area contributed by atoms with Gasteiger partial charge in [0.05, 0.1) is 21.3 Å². The van der Waals surface area contributed by atoms with Gasteiger partial charge in [-0.25, -0.2) is 9.67 Å². The molecule has 3 heterocycles. The second-order valence-corrected chi connectivity index (χ2v) is 5.91. The van der Waals surface area contributed by atoms with E-state index in [1.54, 1.807) is 38.4 Å².